The fourth-order valence-electron chi connectivity index (χ4n) is 1.95. The summed E-state index contributed by atoms with van der Waals surface area (Å²) in [5.41, 5.74) is 0.547. The number of halogens is 1. The number of aliphatic hydroxyl groups excluding tert-OH is 1. The van der Waals surface area contributed by atoms with Gasteiger partial charge in [-0.1, -0.05) is 18.2 Å². The highest BCUT2D eigenvalue weighted by atomic mass is 32.2. The molecule has 0 aliphatic carbocycles. The van der Waals surface area contributed by atoms with Crippen LogP contribution in [0.2, 0.25) is 0 Å². The van der Waals surface area contributed by atoms with E-state index in [4.69, 9.17) is 5.14 Å². The Morgan fingerprint density at radius 1 is 1.21 bits per heavy atom. The minimum atomic E-state index is -3.87. The van der Waals surface area contributed by atoms with Gasteiger partial charge in [-0.15, -0.1) is 0 Å². The molecule has 0 saturated carbocycles. The molecule has 0 bridgehead atoms. The van der Waals surface area contributed by atoms with Crippen molar-refractivity contribution in [1.29, 1.82) is 0 Å². The Labute approximate surface area is 138 Å². The second kappa shape index (κ2) is 7.39. The van der Waals surface area contributed by atoms with Crippen LogP contribution in [0.5, 0.6) is 0 Å². The molecule has 2 aromatic rings. The Balaban J connectivity index is 1.94. The summed E-state index contributed by atoms with van der Waals surface area (Å²) in [6.07, 6.45) is -1.08. The van der Waals surface area contributed by atoms with Gasteiger partial charge in [0.25, 0.3) is 0 Å². The molecular weight excluding hydrogens is 337 g/mol. The molecule has 0 fully saturated rings. The molecule has 7 nitrogen and oxygen atoms in total. The number of anilines is 1. The smallest absolute Gasteiger partial charge is 0.319 e. The molecule has 128 valence electrons. The van der Waals surface area contributed by atoms with Crippen molar-refractivity contribution in [2.24, 2.45) is 5.14 Å². The lowest BCUT2D eigenvalue weighted by Crippen LogP contribution is -2.32. The van der Waals surface area contributed by atoms with E-state index in [1.807, 2.05) is 0 Å². The lowest BCUT2D eigenvalue weighted by atomic mass is 10.1. The number of hydrogen-bond acceptors (Lipinski definition) is 4. The average molecular weight is 353 g/mol. The van der Waals surface area contributed by atoms with E-state index in [1.54, 1.807) is 0 Å². The highest BCUT2D eigenvalue weighted by Gasteiger charge is 2.12. The molecule has 2 aromatic carbocycles. The maximum Gasteiger partial charge on any atom is 0.319 e. The summed E-state index contributed by atoms with van der Waals surface area (Å²) >= 11 is 0. The second-order valence-corrected chi connectivity index (χ2v) is 6.54. The third kappa shape index (κ3) is 5.01. The summed E-state index contributed by atoms with van der Waals surface area (Å²) in [6.45, 7) is -0.149. The number of aliphatic hydroxyl groups is 1. The van der Waals surface area contributed by atoms with Gasteiger partial charge in [-0.05, 0) is 35.9 Å². The molecule has 0 radical (unpaired) electrons. The van der Waals surface area contributed by atoms with Crippen molar-refractivity contribution in [2.75, 3.05) is 11.9 Å². The van der Waals surface area contributed by atoms with Crippen molar-refractivity contribution in [2.45, 2.75) is 11.0 Å². The van der Waals surface area contributed by atoms with Crippen LogP contribution >= 0.6 is 0 Å². The van der Waals surface area contributed by atoms with Crippen LogP contribution in [0.15, 0.2) is 53.4 Å². The first-order valence-corrected chi connectivity index (χ1v) is 8.41. The first-order valence-electron chi connectivity index (χ1n) is 6.87. The zero-order valence-corrected chi connectivity index (χ0v) is 13.3. The number of sulfonamides is 1. The first kappa shape index (κ1) is 17.9. The normalized spacial score (nSPS) is 12.5. The van der Waals surface area contributed by atoms with Gasteiger partial charge in [0.2, 0.25) is 10.0 Å². The van der Waals surface area contributed by atoms with E-state index in [2.05, 4.69) is 10.6 Å². The lowest BCUT2D eigenvalue weighted by Gasteiger charge is -2.13. The molecule has 2 rings (SSSR count). The largest absolute Gasteiger partial charge is 0.387 e. The van der Waals surface area contributed by atoms with E-state index in [9.17, 15) is 22.7 Å². The van der Waals surface area contributed by atoms with Crippen molar-refractivity contribution in [3.63, 3.8) is 0 Å². The summed E-state index contributed by atoms with van der Waals surface area (Å²) in [6, 6.07) is 10.2. The molecule has 2 amide bonds. The minimum Gasteiger partial charge on any atom is -0.387 e. The molecule has 0 saturated heterocycles. The standard InChI is InChI=1S/C15H16FN3O4S/c16-11-4-1-3-10(7-11)14(20)9-18-15(21)19-12-5-2-6-13(8-12)24(17,22)23/h1-8,14,20H,9H2,(H2,17,22,23)(H2,18,19,21). The molecular formula is C15H16FN3O4S. The van der Waals surface area contributed by atoms with Gasteiger partial charge in [-0.3, -0.25) is 0 Å². The van der Waals surface area contributed by atoms with Gasteiger partial charge in [0.05, 0.1) is 11.0 Å². The predicted molar refractivity (Wildman–Crippen MR) is 86.2 cm³/mol. The van der Waals surface area contributed by atoms with E-state index in [0.29, 0.717) is 5.56 Å². The van der Waals surface area contributed by atoms with Gasteiger partial charge in [0, 0.05) is 12.2 Å². The first-order chi connectivity index (χ1) is 11.3. The number of hydrogen-bond donors (Lipinski definition) is 4. The highest BCUT2D eigenvalue weighted by Crippen LogP contribution is 2.15. The van der Waals surface area contributed by atoms with Crippen LogP contribution in [0.3, 0.4) is 0 Å². The van der Waals surface area contributed by atoms with Gasteiger partial charge >= 0.3 is 6.03 Å². The van der Waals surface area contributed by atoms with Gasteiger partial charge in [-0.2, -0.15) is 0 Å². The topological polar surface area (TPSA) is 122 Å². The molecule has 1 unspecified atom stereocenters. The molecule has 0 spiro atoms. The van der Waals surface area contributed by atoms with E-state index >= 15 is 0 Å². The molecule has 0 aromatic heterocycles. The van der Waals surface area contributed by atoms with Gasteiger partial charge in [0.1, 0.15) is 5.82 Å². The van der Waals surface area contributed by atoms with Crippen LogP contribution in [-0.4, -0.2) is 26.1 Å². The SMILES string of the molecule is NS(=O)(=O)c1cccc(NC(=O)NCC(O)c2cccc(F)c2)c1. The molecule has 24 heavy (non-hydrogen) atoms. The van der Waals surface area contributed by atoms with Crippen LogP contribution in [0.25, 0.3) is 0 Å². The van der Waals surface area contributed by atoms with Crippen molar-refractivity contribution < 1.29 is 22.7 Å². The average Bonchev–Trinajstić information content (AvgIpc) is 2.52. The Morgan fingerprint density at radius 3 is 2.58 bits per heavy atom. The summed E-state index contributed by atoms with van der Waals surface area (Å²) in [4.78, 5) is 11.6. The number of carbonyl (C=O) groups excluding carboxylic acids is 1. The number of primary sulfonamides is 1. The number of urea groups is 1. The summed E-state index contributed by atoms with van der Waals surface area (Å²) in [5, 5.41) is 19.7. The van der Waals surface area contributed by atoms with E-state index in [0.717, 1.165) is 0 Å². The van der Waals surface area contributed by atoms with Crippen LogP contribution < -0.4 is 15.8 Å². The predicted octanol–water partition coefficient (Wildman–Crippen LogP) is 1.33. The van der Waals surface area contributed by atoms with Gasteiger partial charge in [-0.25, -0.2) is 22.7 Å². The Bertz CT molecular complexity index is 842. The highest BCUT2D eigenvalue weighted by molar-refractivity contribution is 7.89. The number of amides is 2. The fourth-order valence-corrected chi connectivity index (χ4v) is 2.51. The van der Waals surface area contributed by atoms with Crippen molar-refractivity contribution in [3.05, 3.63) is 59.9 Å². The maximum absolute atomic E-state index is 13.1. The molecule has 1 atom stereocenters. The lowest BCUT2D eigenvalue weighted by molar-refractivity contribution is 0.174. The zero-order valence-electron chi connectivity index (χ0n) is 12.4. The number of rotatable bonds is 5. The monoisotopic (exact) mass is 353 g/mol. The Hall–Kier alpha value is -2.49. The number of benzene rings is 2. The summed E-state index contributed by atoms with van der Waals surface area (Å²) in [7, 11) is -3.87. The third-order valence-electron chi connectivity index (χ3n) is 3.11. The molecule has 5 N–H and O–H groups in total. The third-order valence-corrected chi connectivity index (χ3v) is 4.02. The van der Waals surface area contributed by atoms with Crippen LogP contribution in [0.1, 0.15) is 11.7 Å². The van der Waals surface area contributed by atoms with E-state index in [1.165, 1.54) is 48.5 Å². The van der Waals surface area contributed by atoms with Gasteiger partial charge in [0.15, 0.2) is 0 Å². The maximum atomic E-state index is 13.1. The Kier molecular flexibility index (Phi) is 5.50. The van der Waals surface area contributed by atoms with Crippen LogP contribution in [0.4, 0.5) is 14.9 Å². The van der Waals surface area contributed by atoms with Crippen molar-refractivity contribution >= 4 is 21.7 Å². The molecule has 9 heteroatoms. The quantitative estimate of drug-likeness (QED) is 0.648. The molecule has 0 heterocycles. The number of nitrogens with one attached hydrogen (secondary N) is 2. The molecule has 0 aliphatic heterocycles. The summed E-state index contributed by atoms with van der Waals surface area (Å²) < 4.78 is 35.6. The zero-order chi connectivity index (χ0) is 17.7. The number of nitrogens with two attached hydrogens (primary N) is 1. The number of carbonyl (C=O) groups is 1. The fraction of sp³-hybridized carbons (Fsp3) is 0.133. The van der Waals surface area contributed by atoms with E-state index < -0.39 is 28.0 Å². The van der Waals surface area contributed by atoms with Gasteiger partial charge < -0.3 is 15.7 Å². The minimum absolute atomic E-state index is 0.139. The van der Waals surface area contributed by atoms with Crippen molar-refractivity contribution in [3.8, 4) is 0 Å². The van der Waals surface area contributed by atoms with Crippen molar-refractivity contribution in [1.82, 2.24) is 5.32 Å². The van der Waals surface area contributed by atoms with E-state index in [-0.39, 0.29) is 17.1 Å². The molecule has 0 aliphatic rings. The van der Waals surface area contributed by atoms with Crippen LogP contribution in [-0.2, 0) is 10.0 Å². The summed E-state index contributed by atoms with van der Waals surface area (Å²) in [5.74, 6) is -0.490. The van der Waals surface area contributed by atoms with Crippen LogP contribution in [0, 0.1) is 5.82 Å². The second-order valence-electron chi connectivity index (χ2n) is 4.98. The Morgan fingerprint density at radius 2 is 1.92 bits per heavy atom.